The van der Waals surface area contributed by atoms with Crippen molar-refractivity contribution < 1.29 is 37.3 Å². The number of phosphoric ester groups is 1. The third-order valence-corrected chi connectivity index (χ3v) is 15.7. The second-order valence-corrected chi connectivity index (χ2v) is 25.4. The summed E-state index contributed by atoms with van der Waals surface area (Å²) in [4.78, 5) is 37.8. The number of hydrogen-bond acceptors (Lipinski definition) is 6. The molecule has 0 saturated carbocycles. The Hall–Kier alpha value is -3.33. The monoisotopic (exact) mass is 1180 g/mol. The molecular weight excluding hydrogens is 1050 g/mol. The van der Waals surface area contributed by atoms with E-state index in [9.17, 15) is 19.0 Å². The fraction of sp³-hybridized carbons (Fsp3) is 0.726. The highest BCUT2D eigenvalue weighted by Gasteiger charge is 2.30. The molecule has 10 heteroatoms. The van der Waals surface area contributed by atoms with E-state index in [1.807, 2.05) is 33.3 Å². The molecule has 2 N–H and O–H groups in total. The fourth-order valence-corrected chi connectivity index (χ4v) is 10.1. The number of ether oxygens (including phenoxy) is 1. The maximum absolute atomic E-state index is 13.6. The molecule has 0 aromatic rings. The quantitative estimate of drug-likeness (QED) is 0.0205. The lowest BCUT2D eigenvalue weighted by Crippen LogP contribution is -2.47. The number of nitrogens with zero attached hydrogens (tertiary/aromatic N) is 1. The largest absolute Gasteiger partial charge is 0.472 e. The highest BCUT2D eigenvalue weighted by molar-refractivity contribution is 7.47. The molecule has 0 rings (SSSR count). The first-order chi connectivity index (χ1) is 40.4. The minimum Gasteiger partial charge on any atom is -0.456 e. The SMILES string of the molecule is CCCCC/C=C\C/C=C\C/C=C\C/C=C\CCCCCCCCCCCCCC(=O)OC(/C=C\CCCCCCCCCCC)C(COP(=O)(O)OCC[N+](C)(C)C)NC(=O)CCCCC/C=C\C/C=C\C/C=C\C/C=C\CCCCC. The van der Waals surface area contributed by atoms with Crippen molar-refractivity contribution in [1.82, 2.24) is 5.32 Å². The van der Waals surface area contributed by atoms with Gasteiger partial charge in [0.25, 0.3) is 0 Å². The number of amides is 1. The molecule has 0 heterocycles. The number of carbonyl (C=O) groups is 2. The molecule has 0 spiro atoms. The minimum absolute atomic E-state index is 0.0285. The predicted molar refractivity (Wildman–Crippen MR) is 360 cm³/mol. The van der Waals surface area contributed by atoms with Crippen molar-refractivity contribution in [1.29, 1.82) is 0 Å². The van der Waals surface area contributed by atoms with Gasteiger partial charge in [0.05, 0.1) is 33.8 Å². The number of carbonyl (C=O) groups excluding carboxylic acids is 2. The van der Waals surface area contributed by atoms with E-state index >= 15 is 0 Å². The van der Waals surface area contributed by atoms with Gasteiger partial charge in [0.2, 0.25) is 5.91 Å². The number of likely N-dealkylation sites (N-methyl/N-ethyl adjacent to an activating group) is 1. The van der Waals surface area contributed by atoms with Gasteiger partial charge >= 0.3 is 13.8 Å². The number of hydrogen-bond donors (Lipinski definition) is 2. The molecule has 0 aliphatic rings. The molecule has 0 aliphatic carbocycles. The second kappa shape index (κ2) is 61.7. The first-order valence-electron chi connectivity index (χ1n) is 34.2. The summed E-state index contributed by atoms with van der Waals surface area (Å²) in [5, 5.41) is 3.04. The van der Waals surface area contributed by atoms with Crippen LogP contribution in [0.15, 0.2) is 109 Å². The number of allylic oxidation sites excluding steroid dienone is 17. The maximum Gasteiger partial charge on any atom is 0.472 e. The minimum atomic E-state index is -4.47. The summed E-state index contributed by atoms with van der Waals surface area (Å²) in [6.45, 7) is 6.93. The average molecular weight is 1180 g/mol. The van der Waals surface area contributed by atoms with Gasteiger partial charge in [-0.2, -0.15) is 0 Å². The van der Waals surface area contributed by atoms with Crippen molar-refractivity contribution in [3.63, 3.8) is 0 Å². The summed E-state index contributed by atoms with van der Waals surface area (Å²) < 4.78 is 30.7. The topological polar surface area (TPSA) is 111 Å². The van der Waals surface area contributed by atoms with Crippen molar-refractivity contribution >= 4 is 19.7 Å². The molecule has 9 nitrogen and oxygen atoms in total. The zero-order valence-electron chi connectivity index (χ0n) is 54.7. The third-order valence-electron chi connectivity index (χ3n) is 14.7. The van der Waals surface area contributed by atoms with Gasteiger partial charge in [-0.15, -0.1) is 0 Å². The highest BCUT2D eigenvalue weighted by atomic mass is 31.2. The van der Waals surface area contributed by atoms with Crippen LogP contribution < -0.4 is 5.32 Å². The van der Waals surface area contributed by atoms with Crippen LogP contribution in [0.5, 0.6) is 0 Å². The van der Waals surface area contributed by atoms with Crippen LogP contribution in [-0.4, -0.2) is 74.3 Å². The lowest BCUT2D eigenvalue weighted by molar-refractivity contribution is -0.870. The summed E-state index contributed by atoms with van der Waals surface area (Å²) in [7, 11) is 1.46. The van der Waals surface area contributed by atoms with E-state index in [0.29, 0.717) is 17.4 Å². The van der Waals surface area contributed by atoms with Crippen molar-refractivity contribution in [2.75, 3.05) is 40.9 Å². The number of quaternary nitrogens is 1. The van der Waals surface area contributed by atoms with E-state index in [4.69, 9.17) is 13.8 Å². The van der Waals surface area contributed by atoms with E-state index < -0.39 is 20.0 Å². The number of unbranched alkanes of at least 4 members (excludes halogenated alkanes) is 29. The Morgan fingerprint density at radius 2 is 0.735 bits per heavy atom. The zero-order valence-corrected chi connectivity index (χ0v) is 55.6. The van der Waals surface area contributed by atoms with E-state index in [1.54, 1.807) is 0 Å². The van der Waals surface area contributed by atoms with Crippen LogP contribution >= 0.6 is 7.82 Å². The molecule has 0 bridgehead atoms. The second-order valence-electron chi connectivity index (χ2n) is 24.0. The number of esters is 1. The van der Waals surface area contributed by atoms with Crippen LogP contribution in [0.25, 0.3) is 0 Å². The molecule has 0 fully saturated rings. The van der Waals surface area contributed by atoms with E-state index in [1.165, 1.54) is 154 Å². The number of rotatable bonds is 61. The molecule has 83 heavy (non-hydrogen) atoms. The third kappa shape index (κ3) is 63.0. The van der Waals surface area contributed by atoms with Crippen molar-refractivity contribution in [3.05, 3.63) is 109 Å². The first kappa shape index (κ1) is 79.7. The molecule has 0 aromatic carbocycles. The molecule has 0 aliphatic heterocycles. The van der Waals surface area contributed by atoms with Crippen LogP contribution in [0.1, 0.15) is 290 Å². The Balaban J connectivity index is 5.11. The fourth-order valence-electron chi connectivity index (χ4n) is 9.38. The molecule has 3 atom stereocenters. The van der Waals surface area contributed by atoms with Gasteiger partial charge in [-0.25, -0.2) is 4.57 Å². The van der Waals surface area contributed by atoms with Crippen LogP contribution in [0.2, 0.25) is 0 Å². The molecule has 0 radical (unpaired) electrons. The molecule has 0 aromatic heterocycles. The first-order valence-corrected chi connectivity index (χ1v) is 35.7. The van der Waals surface area contributed by atoms with Crippen molar-refractivity contribution in [2.24, 2.45) is 0 Å². The van der Waals surface area contributed by atoms with Gasteiger partial charge in [0.1, 0.15) is 19.3 Å². The molecular formula is C73H130N2O7P+. The smallest absolute Gasteiger partial charge is 0.456 e. The Kier molecular flexibility index (Phi) is 59.3. The summed E-state index contributed by atoms with van der Waals surface area (Å²) >= 11 is 0. The Morgan fingerprint density at radius 3 is 1.13 bits per heavy atom. The van der Waals surface area contributed by atoms with Gasteiger partial charge < -0.3 is 19.4 Å². The van der Waals surface area contributed by atoms with Gasteiger partial charge in [-0.05, 0) is 122 Å². The average Bonchev–Trinajstić information content (AvgIpc) is 3.51. The summed E-state index contributed by atoms with van der Waals surface area (Å²) in [6, 6.07) is -0.873. The molecule has 478 valence electrons. The zero-order chi connectivity index (χ0) is 60.7. The lowest BCUT2D eigenvalue weighted by Gasteiger charge is -2.27. The van der Waals surface area contributed by atoms with Gasteiger partial charge in [0.15, 0.2) is 0 Å². The standard InChI is InChI=1S/C73H129N2O7P/c1-7-10-13-16-19-22-25-27-29-31-33-34-35-36-37-38-39-40-42-44-46-48-51-54-57-60-63-66-73(77)82-71(64-61-58-55-52-49-24-21-18-15-12-9-3)70(69-81-83(78,79)80-68-67-75(4,5)6)74-72(76)65-62-59-56-53-50-47-45-43-41-32-30-28-26-23-20-17-14-11-8-2/h19-20,22-23,27-30,33-34,36-37,41,43,47,50,61,64,70-71H,7-18,21,24-26,31-32,35,38-40,42,44-46,48-49,51-60,62-63,65-69H2,1-6H3,(H-,74,76,78,79)/p+1/b22-19-,23-20-,29-27-,30-28-,34-33-,37-36-,43-41-,50-47-,64-61-. The van der Waals surface area contributed by atoms with Gasteiger partial charge in [0, 0.05) is 12.8 Å². The van der Waals surface area contributed by atoms with Crippen molar-refractivity contribution in [2.45, 2.75) is 303 Å². The Morgan fingerprint density at radius 1 is 0.422 bits per heavy atom. The van der Waals surface area contributed by atoms with Crippen LogP contribution in [0.3, 0.4) is 0 Å². The Labute approximate surface area is 512 Å². The number of phosphoric acid groups is 1. The van der Waals surface area contributed by atoms with Gasteiger partial charge in [-0.3, -0.25) is 18.6 Å². The van der Waals surface area contributed by atoms with Crippen LogP contribution in [-0.2, 0) is 27.9 Å². The Bertz CT molecular complexity index is 1790. The van der Waals surface area contributed by atoms with Crippen LogP contribution in [0, 0.1) is 0 Å². The summed E-state index contributed by atoms with van der Waals surface area (Å²) in [6.07, 6.45) is 85.3. The van der Waals surface area contributed by atoms with Crippen LogP contribution in [0.4, 0.5) is 0 Å². The van der Waals surface area contributed by atoms with E-state index in [0.717, 1.165) is 96.3 Å². The normalized spacial score (nSPS) is 14.3. The number of nitrogens with one attached hydrogen (secondary N) is 1. The van der Waals surface area contributed by atoms with E-state index in [2.05, 4.69) is 123 Å². The predicted octanol–water partition coefficient (Wildman–Crippen LogP) is 21.7. The lowest BCUT2D eigenvalue weighted by atomic mass is 10.0. The summed E-state index contributed by atoms with van der Waals surface area (Å²) in [5.41, 5.74) is 0. The maximum atomic E-state index is 13.6. The van der Waals surface area contributed by atoms with Gasteiger partial charge in [-0.1, -0.05) is 265 Å². The van der Waals surface area contributed by atoms with E-state index in [-0.39, 0.29) is 37.9 Å². The molecule has 0 saturated heterocycles. The molecule has 3 unspecified atom stereocenters. The molecule has 1 amide bonds. The van der Waals surface area contributed by atoms with Crippen molar-refractivity contribution in [3.8, 4) is 0 Å². The summed E-state index contributed by atoms with van der Waals surface area (Å²) in [5.74, 6) is -0.547. The highest BCUT2D eigenvalue weighted by Crippen LogP contribution is 2.43.